The summed E-state index contributed by atoms with van der Waals surface area (Å²) in [7, 11) is 0. The average molecular weight is 331 g/mol. The van der Waals surface area contributed by atoms with E-state index in [0.29, 0.717) is 23.2 Å². The number of hydrogen-bond acceptors (Lipinski definition) is 5. The van der Waals surface area contributed by atoms with E-state index in [0.717, 1.165) is 34.8 Å². The maximum Gasteiger partial charge on any atom is 0.258 e. The number of pyridine rings is 1. The number of amides is 1. The minimum absolute atomic E-state index is 0.115. The molecule has 5 nitrogen and oxygen atoms in total. The van der Waals surface area contributed by atoms with Crippen molar-refractivity contribution in [3.63, 3.8) is 0 Å². The molecule has 23 heavy (non-hydrogen) atoms. The zero-order valence-electron chi connectivity index (χ0n) is 13.5. The van der Waals surface area contributed by atoms with Crippen LogP contribution in [0.15, 0.2) is 10.6 Å². The molecule has 2 aliphatic rings. The summed E-state index contributed by atoms with van der Waals surface area (Å²) >= 11 is 1.97. The maximum atomic E-state index is 13.3. The first kappa shape index (κ1) is 15.0. The van der Waals surface area contributed by atoms with Crippen LogP contribution in [0.3, 0.4) is 0 Å². The van der Waals surface area contributed by atoms with Gasteiger partial charge in [-0.2, -0.15) is 11.8 Å². The predicted octanol–water partition coefficient (Wildman–Crippen LogP) is 3.20. The van der Waals surface area contributed by atoms with Gasteiger partial charge in [0.05, 0.1) is 16.6 Å². The number of hydrogen-bond donors (Lipinski definition) is 0. The molecular weight excluding hydrogens is 310 g/mol. The largest absolute Gasteiger partial charge is 0.336 e. The van der Waals surface area contributed by atoms with E-state index in [9.17, 15) is 4.79 Å². The molecule has 2 aromatic rings. The quantitative estimate of drug-likeness (QED) is 0.846. The molecule has 0 spiro atoms. The molecule has 1 saturated carbocycles. The van der Waals surface area contributed by atoms with E-state index in [1.165, 1.54) is 19.3 Å². The molecule has 1 aliphatic carbocycles. The first-order valence-electron chi connectivity index (χ1n) is 8.27. The highest BCUT2D eigenvalue weighted by Crippen LogP contribution is 2.37. The molecule has 0 N–H and O–H groups in total. The third-order valence-corrected chi connectivity index (χ3v) is 6.14. The van der Waals surface area contributed by atoms with Crippen molar-refractivity contribution < 1.29 is 9.32 Å². The van der Waals surface area contributed by atoms with Gasteiger partial charge in [0.25, 0.3) is 11.6 Å². The topological polar surface area (TPSA) is 59.2 Å². The van der Waals surface area contributed by atoms with Gasteiger partial charge >= 0.3 is 0 Å². The van der Waals surface area contributed by atoms with E-state index in [-0.39, 0.29) is 5.91 Å². The van der Waals surface area contributed by atoms with Crippen molar-refractivity contribution in [3.05, 3.63) is 23.0 Å². The second kappa shape index (κ2) is 5.82. The van der Waals surface area contributed by atoms with Crippen LogP contribution in [0.1, 0.15) is 41.0 Å². The van der Waals surface area contributed by atoms with Crippen molar-refractivity contribution in [2.24, 2.45) is 5.92 Å². The molecule has 122 valence electrons. The lowest BCUT2D eigenvalue weighted by Gasteiger charge is -2.43. The summed E-state index contributed by atoms with van der Waals surface area (Å²) in [4.78, 5) is 19.8. The van der Waals surface area contributed by atoms with Crippen LogP contribution in [0.25, 0.3) is 11.1 Å². The summed E-state index contributed by atoms with van der Waals surface area (Å²) < 4.78 is 5.28. The van der Waals surface area contributed by atoms with Crippen LogP contribution in [0, 0.1) is 19.8 Å². The van der Waals surface area contributed by atoms with Crippen molar-refractivity contribution >= 4 is 28.8 Å². The third-order valence-electron chi connectivity index (χ3n) is 5.10. The third kappa shape index (κ3) is 2.53. The second-order valence-corrected chi connectivity index (χ2v) is 7.74. The van der Waals surface area contributed by atoms with Gasteiger partial charge in [0.2, 0.25) is 0 Å². The fourth-order valence-corrected chi connectivity index (χ4v) is 4.82. The van der Waals surface area contributed by atoms with Gasteiger partial charge in [-0.15, -0.1) is 0 Å². The predicted molar refractivity (Wildman–Crippen MR) is 90.8 cm³/mol. The van der Waals surface area contributed by atoms with Gasteiger partial charge in [-0.1, -0.05) is 11.6 Å². The monoisotopic (exact) mass is 331 g/mol. The SMILES string of the molecule is Cc1cc(C(=O)N2CCSCC2C2CCC2)c2c(C)noc2n1. The van der Waals surface area contributed by atoms with Gasteiger partial charge in [-0.25, -0.2) is 4.98 Å². The molecule has 1 amide bonds. The summed E-state index contributed by atoms with van der Waals surface area (Å²) in [5, 5.41) is 4.76. The lowest BCUT2D eigenvalue weighted by molar-refractivity contribution is 0.0572. The van der Waals surface area contributed by atoms with E-state index in [4.69, 9.17) is 4.52 Å². The van der Waals surface area contributed by atoms with Crippen molar-refractivity contribution in [3.8, 4) is 0 Å². The Morgan fingerprint density at radius 2 is 2.22 bits per heavy atom. The standard InChI is InChI=1S/C17H21N3O2S/c1-10-8-13(15-11(2)19-22-16(15)18-10)17(21)20-6-7-23-9-14(20)12-4-3-5-12/h8,12,14H,3-7,9H2,1-2H3. The molecule has 1 saturated heterocycles. The number of aryl methyl sites for hydroxylation is 2. The number of rotatable bonds is 2. The Hall–Kier alpha value is -1.56. The van der Waals surface area contributed by atoms with Gasteiger partial charge in [0.1, 0.15) is 0 Å². The maximum absolute atomic E-state index is 13.3. The van der Waals surface area contributed by atoms with E-state index in [1.807, 2.05) is 31.7 Å². The van der Waals surface area contributed by atoms with Crippen LogP contribution in [-0.4, -0.2) is 45.0 Å². The summed E-state index contributed by atoms with van der Waals surface area (Å²) in [6, 6.07) is 2.26. The smallest absolute Gasteiger partial charge is 0.258 e. The number of carbonyl (C=O) groups excluding carboxylic acids is 1. The Kier molecular flexibility index (Phi) is 3.79. The summed E-state index contributed by atoms with van der Waals surface area (Å²) in [6.45, 7) is 4.59. The summed E-state index contributed by atoms with van der Waals surface area (Å²) in [6.07, 6.45) is 3.81. The highest BCUT2D eigenvalue weighted by atomic mass is 32.2. The van der Waals surface area contributed by atoms with Crippen LogP contribution < -0.4 is 0 Å². The highest BCUT2D eigenvalue weighted by molar-refractivity contribution is 7.99. The molecular formula is C17H21N3O2S. The Balaban J connectivity index is 1.74. The molecule has 2 aromatic heterocycles. The molecule has 1 atom stereocenters. The molecule has 6 heteroatoms. The lowest BCUT2D eigenvalue weighted by atomic mass is 9.79. The molecule has 0 bridgehead atoms. The highest BCUT2D eigenvalue weighted by Gasteiger charge is 2.37. The Bertz CT molecular complexity index is 754. The number of fused-ring (bicyclic) bond motifs is 1. The second-order valence-electron chi connectivity index (χ2n) is 6.59. The zero-order valence-corrected chi connectivity index (χ0v) is 14.4. The van der Waals surface area contributed by atoms with E-state index in [1.54, 1.807) is 0 Å². The Labute approximate surface area is 139 Å². The van der Waals surface area contributed by atoms with E-state index >= 15 is 0 Å². The molecule has 2 fully saturated rings. The van der Waals surface area contributed by atoms with Crippen LogP contribution >= 0.6 is 11.8 Å². The number of nitrogens with zero attached hydrogens (tertiary/aromatic N) is 3. The molecule has 1 unspecified atom stereocenters. The van der Waals surface area contributed by atoms with Crippen molar-refractivity contribution in [1.29, 1.82) is 0 Å². The Morgan fingerprint density at radius 3 is 2.96 bits per heavy atom. The minimum Gasteiger partial charge on any atom is -0.336 e. The fourth-order valence-electron chi connectivity index (χ4n) is 3.63. The summed E-state index contributed by atoms with van der Waals surface area (Å²) in [5.41, 5.74) is 2.70. The molecule has 3 heterocycles. The van der Waals surface area contributed by atoms with Crippen LogP contribution in [0.2, 0.25) is 0 Å². The van der Waals surface area contributed by atoms with Crippen LogP contribution in [0.4, 0.5) is 0 Å². The average Bonchev–Trinajstić information content (AvgIpc) is 2.86. The number of thioether (sulfide) groups is 1. The van der Waals surface area contributed by atoms with Crippen molar-refractivity contribution in [2.75, 3.05) is 18.1 Å². The summed E-state index contributed by atoms with van der Waals surface area (Å²) in [5.74, 6) is 2.87. The normalized spacial score (nSPS) is 22.3. The molecule has 0 aromatic carbocycles. The zero-order chi connectivity index (χ0) is 16.0. The fraction of sp³-hybridized carbons (Fsp3) is 0.588. The number of aromatic nitrogens is 2. The van der Waals surface area contributed by atoms with Crippen LogP contribution in [0.5, 0.6) is 0 Å². The van der Waals surface area contributed by atoms with Gasteiger partial charge in [-0.05, 0) is 38.7 Å². The van der Waals surface area contributed by atoms with Crippen molar-refractivity contribution in [1.82, 2.24) is 15.0 Å². The number of carbonyl (C=O) groups is 1. The van der Waals surface area contributed by atoms with E-state index < -0.39 is 0 Å². The van der Waals surface area contributed by atoms with Gasteiger partial charge in [0, 0.05) is 29.8 Å². The lowest BCUT2D eigenvalue weighted by Crippen LogP contribution is -2.51. The van der Waals surface area contributed by atoms with Crippen molar-refractivity contribution in [2.45, 2.75) is 39.2 Å². The van der Waals surface area contributed by atoms with Gasteiger partial charge in [0.15, 0.2) is 0 Å². The first-order valence-corrected chi connectivity index (χ1v) is 9.43. The van der Waals surface area contributed by atoms with Gasteiger partial charge in [-0.3, -0.25) is 4.79 Å². The van der Waals surface area contributed by atoms with Crippen LogP contribution in [-0.2, 0) is 0 Å². The van der Waals surface area contributed by atoms with Gasteiger partial charge < -0.3 is 9.42 Å². The first-order chi connectivity index (χ1) is 11.1. The van der Waals surface area contributed by atoms with E-state index in [2.05, 4.69) is 15.0 Å². The minimum atomic E-state index is 0.115. The Morgan fingerprint density at radius 1 is 1.39 bits per heavy atom. The molecule has 0 radical (unpaired) electrons. The molecule has 1 aliphatic heterocycles. The molecule has 4 rings (SSSR count).